The quantitative estimate of drug-likeness (QED) is 0.862. The molecule has 0 unspecified atom stereocenters. The molecule has 18 heavy (non-hydrogen) atoms. The molecule has 2 heteroatoms. The highest BCUT2D eigenvalue weighted by atomic mass is 19.1. The molecule has 0 aromatic heterocycles. The van der Waals surface area contributed by atoms with Crippen LogP contribution in [0.1, 0.15) is 22.3 Å². The van der Waals surface area contributed by atoms with Crippen LogP contribution < -0.4 is 5.32 Å². The molecule has 0 aliphatic rings. The fraction of sp³-hybridized carbons (Fsp3) is 0.250. The second-order valence-electron chi connectivity index (χ2n) is 4.62. The van der Waals surface area contributed by atoms with Gasteiger partial charge in [-0.25, -0.2) is 4.39 Å². The van der Waals surface area contributed by atoms with E-state index in [1.54, 1.807) is 6.07 Å². The van der Waals surface area contributed by atoms with Crippen molar-refractivity contribution in [3.63, 3.8) is 0 Å². The van der Waals surface area contributed by atoms with Crippen LogP contribution in [-0.2, 0) is 13.1 Å². The van der Waals surface area contributed by atoms with Crippen LogP contribution in [0, 0.1) is 19.7 Å². The van der Waals surface area contributed by atoms with E-state index in [-0.39, 0.29) is 5.82 Å². The third kappa shape index (κ3) is 3.17. The van der Waals surface area contributed by atoms with E-state index in [2.05, 4.69) is 37.4 Å². The summed E-state index contributed by atoms with van der Waals surface area (Å²) in [6.07, 6.45) is 0. The van der Waals surface area contributed by atoms with E-state index in [1.165, 1.54) is 22.8 Å². The van der Waals surface area contributed by atoms with Gasteiger partial charge < -0.3 is 5.32 Å². The molecular formula is C16H18FN. The smallest absolute Gasteiger partial charge is 0.127 e. The summed E-state index contributed by atoms with van der Waals surface area (Å²) in [6, 6.07) is 13.3. The number of benzene rings is 2. The fourth-order valence-corrected chi connectivity index (χ4v) is 1.96. The van der Waals surface area contributed by atoms with Crippen molar-refractivity contribution >= 4 is 0 Å². The first-order chi connectivity index (χ1) is 8.66. The summed E-state index contributed by atoms with van der Waals surface area (Å²) >= 11 is 0. The number of hydrogen-bond donors (Lipinski definition) is 1. The molecule has 0 aliphatic carbocycles. The Morgan fingerprint density at radius 2 is 1.67 bits per heavy atom. The SMILES string of the molecule is Cc1ccc(C)c(CNCc2ccccc2F)c1. The van der Waals surface area contributed by atoms with E-state index in [0.717, 1.165) is 6.54 Å². The fourth-order valence-electron chi connectivity index (χ4n) is 1.96. The van der Waals surface area contributed by atoms with Crippen molar-refractivity contribution in [3.8, 4) is 0 Å². The van der Waals surface area contributed by atoms with Crippen molar-refractivity contribution in [3.05, 3.63) is 70.5 Å². The maximum Gasteiger partial charge on any atom is 0.127 e. The molecule has 0 fully saturated rings. The van der Waals surface area contributed by atoms with Gasteiger partial charge in [-0.3, -0.25) is 0 Å². The highest BCUT2D eigenvalue weighted by molar-refractivity contribution is 5.30. The van der Waals surface area contributed by atoms with Gasteiger partial charge >= 0.3 is 0 Å². The first-order valence-electron chi connectivity index (χ1n) is 6.17. The molecule has 0 saturated heterocycles. The van der Waals surface area contributed by atoms with Gasteiger partial charge in [-0.05, 0) is 31.0 Å². The highest BCUT2D eigenvalue weighted by Crippen LogP contribution is 2.11. The zero-order valence-electron chi connectivity index (χ0n) is 10.8. The largest absolute Gasteiger partial charge is 0.309 e. The summed E-state index contributed by atoms with van der Waals surface area (Å²) in [5.74, 6) is -0.147. The lowest BCUT2D eigenvalue weighted by molar-refractivity contribution is 0.587. The van der Waals surface area contributed by atoms with Crippen molar-refractivity contribution in [1.82, 2.24) is 5.32 Å². The van der Waals surface area contributed by atoms with Crippen LogP contribution in [-0.4, -0.2) is 0 Å². The van der Waals surface area contributed by atoms with Gasteiger partial charge in [0.1, 0.15) is 5.82 Å². The van der Waals surface area contributed by atoms with E-state index in [4.69, 9.17) is 0 Å². The summed E-state index contributed by atoms with van der Waals surface area (Å²) in [5.41, 5.74) is 4.50. The predicted molar refractivity (Wildman–Crippen MR) is 72.9 cm³/mol. The number of hydrogen-bond acceptors (Lipinski definition) is 1. The Balaban J connectivity index is 1.96. The third-order valence-corrected chi connectivity index (χ3v) is 3.09. The molecule has 0 heterocycles. The predicted octanol–water partition coefficient (Wildman–Crippen LogP) is 3.73. The highest BCUT2D eigenvalue weighted by Gasteiger charge is 2.01. The topological polar surface area (TPSA) is 12.0 Å². The molecular weight excluding hydrogens is 225 g/mol. The van der Waals surface area contributed by atoms with E-state index in [0.29, 0.717) is 12.1 Å². The lowest BCUT2D eigenvalue weighted by Gasteiger charge is -2.09. The van der Waals surface area contributed by atoms with Gasteiger partial charge in [0.2, 0.25) is 0 Å². The van der Waals surface area contributed by atoms with Crippen LogP contribution in [0.25, 0.3) is 0 Å². The Bertz CT molecular complexity index is 534. The monoisotopic (exact) mass is 243 g/mol. The van der Waals surface area contributed by atoms with Crippen molar-refractivity contribution in [2.75, 3.05) is 0 Å². The third-order valence-electron chi connectivity index (χ3n) is 3.09. The molecule has 2 aromatic rings. The summed E-state index contributed by atoms with van der Waals surface area (Å²) in [6.45, 7) is 5.50. The maximum absolute atomic E-state index is 13.4. The molecule has 0 spiro atoms. The van der Waals surface area contributed by atoms with Crippen LogP contribution in [0.15, 0.2) is 42.5 Å². The Morgan fingerprint density at radius 1 is 0.944 bits per heavy atom. The minimum absolute atomic E-state index is 0.147. The molecule has 1 N–H and O–H groups in total. The Labute approximate surface area is 108 Å². The Hall–Kier alpha value is -1.67. The number of nitrogens with one attached hydrogen (secondary N) is 1. The van der Waals surface area contributed by atoms with Crippen LogP contribution in [0.3, 0.4) is 0 Å². The van der Waals surface area contributed by atoms with Crippen molar-refractivity contribution in [1.29, 1.82) is 0 Å². The van der Waals surface area contributed by atoms with Gasteiger partial charge in [-0.1, -0.05) is 42.0 Å². The lowest BCUT2D eigenvalue weighted by Crippen LogP contribution is -2.14. The van der Waals surface area contributed by atoms with Gasteiger partial charge in [0.05, 0.1) is 0 Å². The second-order valence-corrected chi connectivity index (χ2v) is 4.62. The molecule has 0 saturated carbocycles. The van der Waals surface area contributed by atoms with Crippen LogP contribution in [0.4, 0.5) is 4.39 Å². The van der Waals surface area contributed by atoms with Crippen molar-refractivity contribution in [2.24, 2.45) is 0 Å². The standard InChI is InChI=1S/C16H18FN/c1-12-7-8-13(2)15(9-12)11-18-10-14-5-3-4-6-16(14)17/h3-9,18H,10-11H2,1-2H3. The Morgan fingerprint density at radius 3 is 2.44 bits per heavy atom. The summed E-state index contributed by atoms with van der Waals surface area (Å²) in [5, 5.41) is 3.29. The summed E-state index contributed by atoms with van der Waals surface area (Å²) in [4.78, 5) is 0. The van der Waals surface area contributed by atoms with Crippen LogP contribution in [0.2, 0.25) is 0 Å². The van der Waals surface area contributed by atoms with Gasteiger partial charge in [0.25, 0.3) is 0 Å². The molecule has 2 rings (SSSR count). The first-order valence-corrected chi connectivity index (χ1v) is 6.17. The second kappa shape index (κ2) is 5.78. The molecule has 0 radical (unpaired) electrons. The maximum atomic E-state index is 13.4. The van der Waals surface area contributed by atoms with Gasteiger partial charge in [-0.15, -0.1) is 0 Å². The van der Waals surface area contributed by atoms with E-state index in [9.17, 15) is 4.39 Å². The lowest BCUT2D eigenvalue weighted by atomic mass is 10.1. The van der Waals surface area contributed by atoms with Crippen molar-refractivity contribution < 1.29 is 4.39 Å². The van der Waals surface area contributed by atoms with Gasteiger partial charge in [0, 0.05) is 18.7 Å². The summed E-state index contributed by atoms with van der Waals surface area (Å²) < 4.78 is 13.4. The molecule has 2 aromatic carbocycles. The minimum Gasteiger partial charge on any atom is -0.309 e. The van der Waals surface area contributed by atoms with Gasteiger partial charge in [0.15, 0.2) is 0 Å². The number of halogens is 1. The van der Waals surface area contributed by atoms with E-state index in [1.807, 2.05) is 12.1 Å². The average molecular weight is 243 g/mol. The molecule has 0 aliphatic heterocycles. The molecule has 0 atom stereocenters. The van der Waals surface area contributed by atoms with Crippen LogP contribution >= 0.6 is 0 Å². The molecule has 1 nitrogen and oxygen atoms in total. The molecule has 0 amide bonds. The number of rotatable bonds is 4. The zero-order valence-corrected chi connectivity index (χ0v) is 10.8. The first kappa shape index (κ1) is 12.8. The normalized spacial score (nSPS) is 10.6. The van der Waals surface area contributed by atoms with Crippen molar-refractivity contribution in [2.45, 2.75) is 26.9 Å². The van der Waals surface area contributed by atoms with E-state index < -0.39 is 0 Å². The number of aryl methyl sites for hydroxylation is 2. The molecule has 0 bridgehead atoms. The summed E-state index contributed by atoms with van der Waals surface area (Å²) in [7, 11) is 0. The van der Waals surface area contributed by atoms with Gasteiger partial charge in [-0.2, -0.15) is 0 Å². The average Bonchev–Trinajstić information content (AvgIpc) is 2.36. The minimum atomic E-state index is -0.147. The zero-order chi connectivity index (χ0) is 13.0. The van der Waals surface area contributed by atoms with Crippen LogP contribution in [0.5, 0.6) is 0 Å². The Kier molecular flexibility index (Phi) is 4.11. The van der Waals surface area contributed by atoms with E-state index >= 15 is 0 Å². The molecule has 94 valence electrons.